The normalized spacial score (nSPS) is 10.3. The molecule has 2 aromatic rings. The summed E-state index contributed by atoms with van der Waals surface area (Å²) < 4.78 is 5.23. The van der Waals surface area contributed by atoms with E-state index in [4.69, 9.17) is 27.6 Å². The third kappa shape index (κ3) is 1.71. The molecule has 1 heterocycles. The Morgan fingerprint density at radius 1 is 1.00 bits per heavy atom. The van der Waals surface area contributed by atoms with Crippen LogP contribution < -0.4 is 0 Å². The second-order valence-corrected chi connectivity index (χ2v) is 3.35. The van der Waals surface area contributed by atoms with E-state index in [-0.39, 0.29) is 5.22 Å². The number of hydrogen-bond donors (Lipinski definition) is 0. The first kappa shape index (κ1) is 8.67. The quantitative estimate of drug-likeness (QED) is 0.689. The van der Waals surface area contributed by atoms with Crippen molar-refractivity contribution in [1.29, 1.82) is 0 Å². The van der Waals surface area contributed by atoms with E-state index < -0.39 is 0 Å². The number of hydrogen-bond acceptors (Lipinski definition) is 1. The van der Waals surface area contributed by atoms with E-state index in [1.54, 1.807) is 6.07 Å². The smallest absolute Gasteiger partial charge is 0.212 e. The molecule has 2 rings (SSSR count). The number of furan rings is 1. The average Bonchev–Trinajstić information content (AvgIpc) is 2.49. The van der Waals surface area contributed by atoms with Crippen molar-refractivity contribution in [2.75, 3.05) is 0 Å². The lowest BCUT2D eigenvalue weighted by Crippen LogP contribution is -1.69. The Labute approximate surface area is 85.9 Å². The van der Waals surface area contributed by atoms with E-state index in [0.717, 1.165) is 5.56 Å². The Morgan fingerprint density at radius 3 is 2.23 bits per heavy atom. The average molecular weight is 213 g/mol. The van der Waals surface area contributed by atoms with Crippen molar-refractivity contribution in [3.63, 3.8) is 0 Å². The topological polar surface area (TPSA) is 13.1 Å². The van der Waals surface area contributed by atoms with Crippen LogP contribution in [0.4, 0.5) is 0 Å². The molecule has 0 aliphatic carbocycles. The molecule has 0 spiro atoms. The van der Waals surface area contributed by atoms with Gasteiger partial charge < -0.3 is 4.42 Å². The van der Waals surface area contributed by atoms with Gasteiger partial charge in [-0.3, -0.25) is 0 Å². The maximum atomic E-state index is 5.75. The lowest BCUT2D eigenvalue weighted by atomic mass is 10.2. The monoisotopic (exact) mass is 212 g/mol. The first-order valence-electron chi connectivity index (χ1n) is 3.77. The van der Waals surface area contributed by atoms with E-state index >= 15 is 0 Å². The fourth-order valence-corrected chi connectivity index (χ4v) is 1.37. The van der Waals surface area contributed by atoms with Gasteiger partial charge in [0.2, 0.25) is 5.22 Å². The van der Waals surface area contributed by atoms with E-state index in [2.05, 4.69) is 0 Å². The van der Waals surface area contributed by atoms with Crippen LogP contribution in [0.15, 0.2) is 40.8 Å². The Kier molecular flexibility index (Phi) is 2.30. The van der Waals surface area contributed by atoms with Crippen LogP contribution in [0.3, 0.4) is 0 Å². The second-order valence-electron chi connectivity index (χ2n) is 2.60. The van der Waals surface area contributed by atoms with Gasteiger partial charge in [0.15, 0.2) is 0 Å². The van der Waals surface area contributed by atoms with Gasteiger partial charge in [-0.15, -0.1) is 0 Å². The fraction of sp³-hybridized carbons (Fsp3) is 0. The molecule has 1 aromatic heterocycles. The van der Waals surface area contributed by atoms with Crippen molar-refractivity contribution in [2.24, 2.45) is 0 Å². The summed E-state index contributed by atoms with van der Waals surface area (Å²) in [4.78, 5) is 0. The molecule has 0 amide bonds. The SMILES string of the molecule is Clc1cc(-c2ccccc2)oc1Cl. The van der Waals surface area contributed by atoms with Crippen LogP contribution in [-0.2, 0) is 0 Å². The fourth-order valence-electron chi connectivity index (χ4n) is 1.09. The summed E-state index contributed by atoms with van der Waals surface area (Å²) in [7, 11) is 0. The van der Waals surface area contributed by atoms with Crippen LogP contribution in [-0.4, -0.2) is 0 Å². The lowest BCUT2D eigenvalue weighted by Gasteiger charge is -1.93. The van der Waals surface area contributed by atoms with Gasteiger partial charge in [0.25, 0.3) is 0 Å². The molecule has 1 aromatic carbocycles. The third-order valence-electron chi connectivity index (χ3n) is 1.70. The molecule has 66 valence electrons. The molecule has 0 unspecified atom stereocenters. The van der Waals surface area contributed by atoms with Gasteiger partial charge in [-0.1, -0.05) is 41.9 Å². The summed E-state index contributed by atoms with van der Waals surface area (Å²) in [6.07, 6.45) is 0. The van der Waals surface area contributed by atoms with Gasteiger partial charge >= 0.3 is 0 Å². The van der Waals surface area contributed by atoms with Crippen molar-refractivity contribution < 1.29 is 4.42 Å². The predicted molar refractivity (Wildman–Crippen MR) is 54.2 cm³/mol. The standard InChI is InChI=1S/C10H6Cl2O/c11-8-6-9(13-10(8)12)7-4-2-1-3-5-7/h1-6H. The van der Waals surface area contributed by atoms with Crippen LogP contribution >= 0.6 is 23.2 Å². The van der Waals surface area contributed by atoms with Crippen molar-refractivity contribution in [1.82, 2.24) is 0 Å². The highest BCUT2D eigenvalue weighted by Gasteiger charge is 2.07. The molecule has 0 aliphatic rings. The Bertz CT molecular complexity index is 387. The summed E-state index contributed by atoms with van der Waals surface area (Å²) in [6, 6.07) is 11.4. The Balaban J connectivity index is 2.48. The minimum atomic E-state index is 0.237. The first-order chi connectivity index (χ1) is 6.27. The highest BCUT2D eigenvalue weighted by atomic mass is 35.5. The number of rotatable bonds is 1. The van der Waals surface area contributed by atoms with Crippen LogP contribution in [0, 0.1) is 0 Å². The first-order valence-corrected chi connectivity index (χ1v) is 4.53. The largest absolute Gasteiger partial charge is 0.443 e. The second kappa shape index (κ2) is 3.44. The van der Waals surface area contributed by atoms with E-state index in [0.29, 0.717) is 10.8 Å². The van der Waals surface area contributed by atoms with Crippen molar-refractivity contribution >= 4 is 23.2 Å². The van der Waals surface area contributed by atoms with Crippen molar-refractivity contribution in [3.8, 4) is 11.3 Å². The molecular formula is C10H6Cl2O. The van der Waals surface area contributed by atoms with Crippen molar-refractivity contribution in [2.45, 2.75) is 0 Å². The molecule has 3 heteroatoms. The zero-order valence-corrected chi connectivity index (χ0v) is 8.14. The number of halogens is 2. The molecule has 0 N–H and O–H groups in total. The molecule has 0 saturated carbocycles. The van der Waals surface area contributed by atoms with Crippen LogP contribution in [0.25, 0.3) is 11.3 Å². The molecule has 0 atom stereocenters. The minimum absolute atomic E-state index is 0.237. The van der Waals surface area contributed by atoms with E-state index in [9.17, 15) is 0 Å². The molecular weight excluding hydrogens is 207 g/mol. The molecule has 13 heavy (non-hydrogen) atoms. The van der Waals surface area contributed by atoms with Crippen LogP contribution in [0.2, 0.25) is 10.2 Å². The molecule has 0 fully saturated rings. The molecule has 0 bridgehead atoms. The highest BCUT2D eigenvalue weighted by Crippen LogP contribution is 2.31. The van der Waals surface area contributed by atoms with E-state index in [1.807, 2.05) is 30.3 Å². The molecule has 0 aliphatic heterocycles. The van der Waals surface area contributed by atoms with Gasteiger partial charge in [0.05, 0.1) is 5.02 Å². The van der Waals surface area contributed by atoms with Crippen molar-refractivity contribution in [3.05, 3.63) is 46.6 Å². The molecule has 1 nitrogen and oxygen atoms in total. The summed E-state index contributed by atoms with van der Waals surface area (Å²) in [5.41, 5.74) is 0.969. The number of benzene rings is 1. The summed E-state index contributed by atoms with van der Waals surface area (Å²) in [5, 5.41) is 0.682. The van der Waals surface area contributed by atoms with Gasteiger partial charge in [-0.05, 0) is 11.6 Å². The summed E-state index contributed by atoms with van der Waals surface area (Å²) in [6.45, 7) is 0. The predicted octanol–water partition coefficient (Wildman–Crippen LogP) is 4.25. The lowest BCUT2D eigenvalue weighted by molar-refractivity contribution is 0.584. The zero-order valence-electron chi connectivity index (χ0n) is 6.63. The Hall–Kier alpha value is -0.920. The molecule has 0 saturated heterocycles. The minimum Gasteiger partial charge on any atom is -0.443 e. The Morgan fingerprint density at radius 2 is 1.69 bits per heavy atom. The highest BCUT2D eigenvalue weighted by molar-refractivity contribution is 6.41. The van der Waals surface area contributed by atoms with Gasteiger partial charge in [-0.2, -0.15) is 0 Å². The van der Waals surface area contributed by atoms with Crippen LogP contribution in [0.5, 0.6) is 0 Å². The van der Waals surface area contributed by atoms with Crippen LogP contribution in [0.1, 0.15) is 0 Å². The molecule has 0 radical (unpaired) electrons. The van der Waals surface area contributed by atoms with Gasteiger partial charge in [0.1, 0.15) is 5.76 Å². The summed E-state index contributed by atoms with van der Waals surface area (Å²) >= 11 is 11.4. The maximum Gasteiger partial charge on any atom is 0.212 e. The van der Waals surface area contributed by atoms with Gasteiger partial charge in [0, 0.05) is 11.6 Å². The van der Waals surface area contributed by atoms with Gasteiger partial charge in [-0.25, -0.2) is 0 Å². The summed E-state index contributed by atoms with van der Waals surface area (Å²) in [5.74, 6) is 0.690. The third-order valence-corrected chi connectivity index (χ3v) is 2.36. The maximum absolute atomic E-state index is 5.75. The zero-order chi connectivity index (χ0) is 9.26. The van der Waals surface area contributed by atoms with E-state index in [1.165, 1.54) is 0 Å².